The fraction of sp³-hybridized carbons (Fsp3) is 0.833. The van der Waals surface area contributed by atoms with E-state index in [2.05, 4.69) is 5.32 Å². The molecule has 1 aliphatic rings. The lowest BCUT2D eigenvalue weighted by molar-refractivity contribution is -0.122. The molecule has 1 atom stereocenters. The van der Waals surface area contributed by atoms with Crippen LogP contribution in [-0.2, 0) is 14.8 Å². The van der Waals surface area contributed by atoms with Gasteiger partial charge in [0.25, 0.3) is 10.0 Å². The third-order valence-electron chi connectivity index (χ3n) is 1.83. The van der Waals surface area contributed by atoms with Crippen molar-refractivity contribution in [3.8, 4) is 0 Å². The maximum Gasteiger partial charge on any atom is 0.350 e. The Morgan fingerprint density at radius 2 is 2.14 bits per heavy atom. The fourth-order valence-electron chi connectivity index (χ4n) is 1.12. The van der Waals surface area contributed by atoms with Gasteiger partial charge in [-0.25, -0.2) is 13.1 Å². The van der Waals surface area contributed by atoms with E-state index in [9.17, 15) is 22.0 Å². The average Bonchev–Trinajstić information content (AvgIpc) is 2.08. The third-order valence-corrected chi connectivity index (χ3v) is 2.96. The fourth-order valence-corrected chi connectivity index (χ4v) is 1.89. The van der Waals surface area contributed by atoms with Crippen LogP contribution in [0.2, 0.25) is 0 Å². The quantitative estimate of drug-likeness (QED) is 0.677. The molecular weight excluding hydrogens is 218 g/mol. The number of hydrogen-bond acceptors (Lipinski definition) is 3. The minimum atomic E-state index is -4.55. The molecule has 82 valence electrons. The van der Waals surface area contributed by atoms with Gasteiger partial charge >= 0.3 is 5.76 Å². The molecular formula is C6H10F2N2O3S. The van der Waals surface area contributed by atoms with Crippen LogP contribution in [0.25, 0.3) is 0 Å². The predicted octanol–water partition coefficient (Wildman–Crippen LogP) is -0.593. The van der Waals surface area contributed by atoms with Crippen LogP contribution in [0.1, 0.15) is 12.8 Å². The molecule has 0 radical (unpaired) electrons. The lowest BCUT2D eigenvalue weighted by atomic mass is 10.1. The molecule has 0 aliphatic carbocycles. The lowest BCUT2D eigenvalue weighted by Gasteiger charge is -2.22. The van der Waals surface area contributed by atoms with Crippen LogP contribution in [0.3, 0.4) is 0 Å². The van der Waals surface area contributed by atoms with Crippen LogP contribution in [-0.4, -0.2) is 32.7 Å². The number of nitrogens with one attached hydrogen (secondary N) is 2. The Kier molecular flexibility index (Phi) is 3.38. The number of amides is 1. The first-order valence-corrected chi connectivity index (χ1v) is 5.52. The van der Waals surface area contributed by atoms with Gasteiger partial charge in [-0.2, -0.15) is 8.78 Å². The minimum Gasteiger partial charge on any atom is -0.355 e. The average molecular weight is 228 g/mol. The van der Waals surface area contributed by atoms with E-state index in [1.54, 1.807) is 0 Å². The smallest absolute Gasteiger partial charge is 0.350 e. The third kappa shape index (κ3) is 2.88. The van der Waals surface area contributed by atoms with Gasteiger partial charge in [-0.3, -0.25) is 4.79 Å². The van der Waals surface area contributed by atoms with E-state index in [0.29, 0.717) is 0 Å². The van der Waals surface area contributed by atoms with Crippen LogP contribution < -0.4 is 10.0 Å². The zero-order valence-electron chi connectivity index (χ0n) is 7.16. The molecule has 0 aromatic rings. The summed E-state index contributed by atoms with van der Waals surface area (Å²) in [6, 6.07) is -0.633. The van der Waals surface area contributed by atoms with Crippen molar-refractivity contribution in [3.63, 3.8) is 0 Å². The van der Waals surface area contributed by atoms with Crippen LogP contribution in [0.15, 0.2) is 0 Å². The van der Waals surface area contributed by atoms with E-state index in [1.807, 2.05) is 4.72 Å². The summed E-state index contributed by atoms with van der Waals surface area (Å²) in [6.45, 7) is 0.0603. The number of hydrogen-bond donors (Lipinski definition) is 2. The molecule has 5 nitrogen and oxygen atoms in total. The van der Waals surface area contributed by atoms with Gasteiger partial charge < -0.3 is 5.32 Å². The van der Waals surface area contributed by atoms with Gasteiger partial charge in [0, 0.05) is 19.0 Å². The summed E-state index contributed by atoms with van der Waals surface area (Å²) < 4.78 is 47.0. The van der Waals surface area contributed by atoms with E-state index in [-0.39, 0.29) is 25.3 Å². The highest BCUT2D eigenvalue weighted by Gasteiger charge is 2.29. The van der Waals surface area contributed by atoms with Crippen molar-refractivity contribution in [1.82, 2.24) is 10.0 Å². The number of carbonyl (C=O) groups is 1. The number of piperidine rings is 1. The first-order chi connectivity index (χ1) is 6.42. The maximum atomic E-state index is 11.9. The summed E-state index contributed by atoms with van der Waals surface area (Å²) >= 11 is 0. The first-order valence-electron chi connectivity index (χ1n) is 3.98. The van der Waals surface area contributed by atoms with Crippen LogP contribution >= 0.6 is 0 Å². The molecule has 0 aromatic heterocycles. The highest BCUT2D eigenvalue weighted by molar-refractivity contribution is 7.89. The van der Waals surface area contributed by atoms with Crippen molar-refractivity contribution in [3.05, 3.63) is 0 Å². The van der Waals surface area contributed by atoms with Crippen molar-refractivity contribution in [2.45, 2.75) is 24.6 Å². The molecule has 1 amide bonds. The predicted molar refractivity (Wildman–Crippen MR) is 44.1 cm³/mol. The molecule has 1 rings (SSSR count). The number of carbonyl (C=O) groups excluding carboxylic acids is 1. The number of rotatable bonds is 3. The number of sulfonamides is 1. The zero-order chi connectivity index (χ0) is 10.8. The molecule has 0 aromatic carbocycles. The summed E-state index contributed by atoms with van der Waals surface area (Å²) in [4.78, 5) is 10.7. The Hall–Kier alpha value is -0.760. The van der Waals surface area contributed by atoms with E-state index >= 15 is 0 Å². The standard InChI is InChI=1S/C6H10F2N2O3S/c7-6(8)14(12,13)10-4-1-2-5(11)9-3-4/h4,6,10H,1-3H2,(H,9,11). The topological polar surface area (TPSA) is 75.3 Å². The van der Waals surface area contributed by atoms with Crippen LogP contribution in [0.5, 0.6) is 0 Å². The van der Waals surface area contributed by atoms with Crippen molar-refractivity contribution in [2.75, 3.05) is 6.54 Å². The summed E-state index contributed by atoms with van der Waals surface area (Å²) in [6.07, 6.45) is 0.397. The van der Waals surface area contributed by atoms with Gasteiger partial charge in [0.05, 0.1) is 0 Å². The lowest BCUT2D eigenvalue weighted by Crippen LogP contribution is -2.48. The Bertz CT molecular complexity index is 307. The SMILES string of the molecule is O=C1CCC(NS(=O)(=O)C(F)F)CN1. The maximum absolute atomic E-state index is 11.9. The molecule has 0 saturated carbocycles. The molecule has 0 spiro atoms. The summed E-state index contributed by atoms with van der Waals surface area (Å²) in [5.41, 5.74) is 0. The Labute approximate surface area is 79.9 Å². The number of halogens is 2. The molecule has 14 heavy (non-hydrogen) atoms. The Morgan fingerprint density at radius 3 is 2.57 bits per heavy atom. The van der Waals surface area contributed by atoms with Gasteiger partial charge in [-0.05, 0) is 6.42 Å². The molecule has 8 heteroatoms. The van der Waals surface area contributed by atoms with Crippen molar-refractivity contribution < 1.29 is 22.0 Å². The molecule has 1 unspecified atom stereocenters. The molecule has 2 N–H and O–H groups in total. The Morgan fingerprint density at radius 1 is 1.50 bits per heavy atom. The molecule has 1 aliphatic heterocycles. The highest BCUT2D eigenvalue weighted by Crippen LogP contribution is 2.08. The highest BCUT2D eigenvalue weighted by atomic mass is 32.2. The van der Waals surface area contributed by atoms with Crippen molar-refractivity contribution in [1.29, 1.82) is 0 Å². The second-order valence-electron chi connectivity index (χ2n) is 2.96. The summed E-state index contributed by atoms with van der Waals surface area (Å²) in [7, 11) is -4.55. The molecule has 1 fully saturated rings. The largest absolute Gasteiger partial charge is 0.355 e. The van der Waals surface area contributed by atoms with E-state index in [0.717, 1.165) is 0 Å². The monoisotopic (exact) mass is 228 g/mol. The second-order valence-corrected chi connectivity index (χ2v) is 4.65. The number of alkyl halides is 2. The van der Waals surface area contributed by atoms with Gasteiger partial charge in [-0.15, -0.1) is 0 Å². The summed E-state index contributed by atoms with van der Waals surface area (Å²) in [5, 5.41) is 2.38. The van der Waals surface area contributed by atoms with Gasteiger partial charge in [0.15, 0.2) is 0 Å². The van der Waals surface area contributed by atoms with E-state index in [4.69, 9.17) is 0 Å². The van der Waals surface area contributed by atoms with Gasteiger partial charge in [-0.1, -0.05) is 0 Å². The second kappa shape index (κ2) is 4.18. The zero-order valence-corrected chi connectivity index (χ0v) is 7.98. The summed E-state index contributed by atoms with van der Waals surface area (Å²) in [5.74, 6) is -3.63. The van der Waals surface area contributed by atoms with Crippen LogP contribution in [0, 0.1) is 0 Å². The van der Waals surface area contributed by atoms with Gasteiger partial charge in [0.2, 0.25) is 5.91 Å². The molecule has 1 saturated heterocycles. The Balaban J connectivity index is 2.50. The first kappa shape index (κ1) is 11.3. The van der Waals surface area contributed by atoms with Gasteiger partial charge in [0.1, 0.15) is 0 Å². The molecule has 0 bridgehead atoms. The van der Waals surface area contributed by atoms with Crippen molar-refractivity contribution >= 4 is 15.9 Å². The van der Waals surface area contributed by atoms with Crippen LogP contribution in [0.4, 0.5) is 8.78 Å². The van der Waals surface area contributed by atoms with Crippen molar-refractivity contribution in [2.24, 2.45) is 0 Å². The minimum absolute atomic E-state index is 0.0603. The van der Waals surface area contributed by atoms with E-state index < -0.39 is 21.8 Å². The molecule has 1 heterocycles. The normalized spacial score (nSPS) is 23.6. The van der Waals surface area contributed by atoms with E-state index in [1.165, 1.54) is 0 Å².